The molecule has 0 saturated heterocycles. The summed E-state index contributed by atoms with van der Waals surface area (Å²) in [5.41, 5.74) is 2.95. The minimum Gasteiger partial charge on any atom is -0.494 e. The van der Waals surface area contributed by atoms with Gasteiger partial charge < -0.3 is 4.74 Å². The molecule has 1 aliphatic rings. The predicted molar refractivity (Wildman–Crippen MR) is 67.7 cm³/mol. The van der Waals surface area contributed by atoms with Gasteiger partial charge in [0.25, 0.3) is 0 Å². The van der Waals surface area contributed by atoms with Crippen LogP contribution in [0.4, 0.5) is 0 Å². The van der Waals surface area contributed by atoms with Crippen molar-refractivity contribution in [1.29, 1.82) is 0 Å². The van der Waals surface area contributed by atoms with E-state index in [9.17, 15) is 0 Å². The average molecular weight is 208 g/mol. The van der Waals surface area contributed by atoms with Crippen LogP contribution in [0.1, 0.15) is 46.2 Å². The first-order valence-electron chi connectivity index (χ1n) is 6.15. The van der Waals surface area contributed by atoms with Crippen molar-refractivity contribution in [2.24, 2.45) is 0 Å². The largest absolute Gasteiger partial charge is 0.494 e. The Bertz CT molecular complexity index is 297. The van der Waals surface area contributed by atoms with Crippen LogP contribution in [0.25, 0.3) is 0 Å². The molecule has 0 bridgehead atoms. The lowest BCUT2D eigenvalue weighted by Gasteiger charge is -2.18. The highest BCUT2D eigenvalue weighted by molar-refractivity contribution is 5.41. The van der Waals surface area contributed by atoms with E-state index in [-0.39, 0.29) is 1.43 Å². The Morgan fingerprint density at radius 3 is 2.67 bits per heavy atom. The van der Waals surface area contributed by atoms with Gasteiger partial charge in [-0.25, -0.2) is 0 Å². The molecule has 0 atom stereocenters. The standard InChI is InChI=1S/C12H16O.C2H6.H2/c1-2-13-12-9-5-7-10-6-3-4-8-11(10)12;1-2;/h5,7,9H,2-4,6,8H2,1H3;1-2H3;1H. The van der Waals surface area contributed by atoms with Gasteiger partial charge in [0.15, 0.2) is 0 Å². The van der Waals surface area contributed by atoms with Gasteiger partial charge in [0.2, 0.25) is 0 Å². The fraction of sp³-hybridized carbons (Fsp3) is 0.571. The van der Waals surface area contributed by atoms with Gasteiger partial charge in [0.05, 0.1) is 6.61 Å². The van der Waals surface area contributed by atoms with Crippen LogP contribution in [0.5, 0.6) is 5.75 Å². The Hall–Kier alpha value is -0.980. The summed E-state index contributed by atoms with van der Waals surface area (Å²) in [6.45, 7) is 6.82. The Balaban J connectivity index is 0.000000711. The van der Waals surface area contributed by atoms with Crippen LogP contribution in [0.15, 0.2) is 18.2 Å². The summed E-state index contributed by atoms with van der Waals surface area (Å²) >= 11 is 0. The summed E-state index contributed by atoms with van der Waals surface area (Å²) in [5, 5.41) is 0. The van der Waals surface area contributed by atoms with Gasteiger partial charge in [-0.1, -0.05) is 26.0 Å². The Morgan fingerprint density at radius 2 is 1.93 bits per heavy atom. The molecule has 15 heavy (non-hydrogen) atoms. The maximum absolute atomic E-state index is 5.60. The molecule has 2 rings (SSSR count). The van der Waals surface area contributed by atoms with E-state index in [2.05, 4.69) is 18.2 Å². The van der Waals surface area contributed by atoms with Crippen molar-refractivity contribution in [2.75, 3.05) is 6.61 Å². The van der Waals surface area contributed by atoms with Crippen molar-refractivity contribution >= 4 is 0 Å². The molecule has 86 valence electrons. The first-order chi connectivity index (χ1) is 7.42. The van der Waals surface area contributed by atoms with E-state index in [0.717, 1.165) is 12.4 Å². The van der Waals surface area contributed by atoms with Gasteiger partial charge >= 0.3 is 0 Å². The van der Waals surface area contributed by atoms with Crippen molar-refractivity contribution in [1.82, 2.24) is 0 Å². The number of aryl methyl sites for hydroxylation is 1. The molecular formula is C14H24O. The molecule has 0 unspecified atom stereocenters. The molecule has 0 aliphatic heterocycles. The van der Waals surface area contributed by atoms with Crippen molar-refractivity contribution in [2.45, 2.75) is 46.5 Å². The summed E-state index contributed by atoms with van der Waals surface area (Å²) in [4.78, 5) is 0. The molecule has 0 fully saturated rings. The van der Waals surface area contributed by atoms with Gasteiger partial charge in [-0.15, -0.1) is 0 Å². The first-order valence-corrected chi connectivity index (χ1v) is 6.15. The second-order valence-corrected chi connectivity index (χ2v) is 3.53. The zero-order valence-electron chi connectivity index (χ0n) is 10.2. The smallest absolute Gasteiger partial charge is 0.122 e. The first kappa shape index (κ1) is 12.1. The average Bonchev–Trinajstić information content (AvgIpc) is 2.33. The molecule has 0 spiro atoms. The lowest BCUT2D eigenvalue weighted by Crippen LogP contribution is -2.05. The number of hydrogen-bond acceptors (Lipinski definition) is 1. The molecule has 0 radical (unpaired) electrons. The summed E-state index contributed by atoms with van der Waals surface area (Å²) < 4.78 is 5.60. The minimum atomic E-state index is 0. The molecule has 1 aromatic carbocycles. The molecule has 1 heteroatoms. The molecule has 1 aromatic rings. The van der Waals surface area contributed by atoms with Crippen LogP contribution < -0.4 is 4.74 Å². The normalized spacial score (nSPS) is 13.5. The third-order valence-corrected chi connectivity index (χ3v) is 2.65. The highest BCUT2D eigenvalue weighted by atomic mass is 16.5. The molecule has 0 saturated carbocycles. The number of benzene rings is 1. The maximum atomic E-state index is 5.60. The van der Waals surface area contributed by atoms with E-state index < -0.39 is 0 Å². The number of ether oxygens (including phenoxy) is 1. The van der Waals surface area contributed by atoms with Crippen LogP contribution >= 0.6 is 0 Å². The van der Waals surface area contributed by atoms with Gasteiger partial charge in [-0.3, -0.25) is 0 Å². The van der Waals surface area contributed by atoms with Gasteiger partial charge in [0.1, 0.15) is 5.75 Å². The molecular weight excluding hydrogens is 184 g/mol. The topological polar surface area (TPSA) is 9.23 Å². The molecule has 0 heterocycles. The van der Waals surface area contributed by atoms with Crippen molar-refractivity contribution < 1.29 is 6.16 Å². The van der Waals surface area contributed by atoms with Crippen LogP contribution in [0.3, 0.4) is 0 Å². The number of hydrogen-bond donors (Lipinski definition) is 0. The summed E-state index contributed by atoms with van der Waals surface area (Å²) in [6, 6.07) is 6.43. The van der Waals surface area contributed by atoms with Crippen LogP contribution in [-0.2, 0) is 12.8 Å². The highest BCUT2D eigenvalue weighted by Gasteiger charge is 2.12. The van der Waals surface area contributed by atoms with E-state index in [4.69, 9.17) is 4.74 Å². The fourth-order valence-corrected chi connectivity index (χ4v) is 2.04. The highest BCUT2D eigenvalue weighted by Crippen LogP contribution is 2.29. The Labute approximate surface area is 94.9 Å². The number of rotatable bonds is 2. The minimum absolute atomic E-state index is 0. The van der Waals surface area contributed by atoms with Crippen LogP contribution in [0.2, 0.25) is 0 Å². The molecule has 1 nitrogen and oxygen atoms in total. The SMILES string of the molecule is CC.CCOc1cccc2c1CCCC2.[HH]. The maximum Gasteiger partial charge on any atom is 0.122 e. The third-order valence-electron chi connectivity index (χ3n) is 2.65. The number of fused-ring (bicyclic) bond motifs is 1. The zero-order chi connectivity index (χ0) is 11.1. The zero-order valence-corrected chi connectivity index (χ0v) is 10.2. The van der Waals surface area contributed by atoms with E-state index >= 15 is 0 Å². The van der Waals surface area contributed by atoms with E-state index in [0.29, 0.717) is 0 Å². The third kappa shape index (κ3) is 2.98. The van der Waals surface area contributed by atoms with E-state index in [1.165, 1.54) is 36.8 Å². The van der Waals surface area contributed by atoms with Gasteiger partial charge in [-0.05, 0) is 49.8 Å². The lowest BCUT2D eigenvalue weighted by molar-refractivity contribution is 0.334. The van der Waals surface area contributed by atoms with E-state index in [1.54, 1.807) is 0 Å². The Kier molecular flexibility index (Phi) is 5.23. The second-order valence-electron chi connectivity index (χ2n) is 3.53. The quantitative estimate of drug-likeness (QED) is 0.706. The second kappa shape index (κ2) is 6.49. The fourth-order valence-electron chi connectivity index (χ4n) is 2.04. The predicted octanol–water partition coefficient (Wildman–Crippen LogP) is 4.24. The van der Waals surface area contributed by atoms with Crippen LogP contribution in [0, 0.1) is 0 Å². The van der Waals surface area contributed by atoms with Gasteiger partial charge in [0, 0.05) is 1.43 Å². The van der Waals surface area contributed by atoms with Crippen LogP contribution in [-0.4, -0.2) is 6.61 Å². The van der Waals surface area contributed by atoms with Crippen molar-refractivity contribution in [3.05, 3.63) is 29.3 Å². The van der Waals surface area contributed by atoms with Gasteiger partial charge in [-0.2, -0.15) is 0 Å². The van der Waals surface area contributed by atoms with Crippen molar-refractivity contribution in [3.8, 4) is 5.75 Å². The summed E-state index contributed by atoms with van der Waals surface area (Å²) in [5.74, 6) is 1.11. The Morgan fingerprint density at radius 1 is 1.20 bits per heavy atom. The monoisotopic (exact) mass is 208 g/mol. The summed E-state index contributed by atoms with van der Waals surface area (Å²) in [6.07, 6.45) is 5.08. The molecule has 0 N–H and O–H groups in total. The molecule has 0 aromatic heterocycles. The summed E-state index contributed by atoms with van der Waals surface area (Å²) in [7, 11) is 0. The molecule has 1 aliphatic carbocycles. The lowest BCUT2D eigenvalue weighted by atomic mass is 9.91. The van der Waals surface area contributed by atoms with E-state index in [1.807, 2.05) is 20.8 Å². The molecule has 0 amide bonds. The van der Waals surface area contributed by atoms with Crippen molar-refractivity contribution in [3.63, 3.8) is 0 Å².